The van der Waals surface area contributed by atoms with Crippen molar-refractivity contribution in [1.29, 1.82) is 0 Å². The van der Waals surface area contributed by atoms with Crippen molar-refractivity contribution in [3.8, 4) is 33.4 Å². The highest BCUT2D eigenvalue weighted by Gasteiger charge is 2.30. The molecule has 55 heavy (non-hydrogen) atoms. The first-order chi connectivity index (χ1) is 27.1. The third-order valence-corrected chi connectivity index (χ3v) is 11.2. The fraction of sp³-hybridized carbons (Fsp3) is 0.0385. The van der Waals surface area contributed by atoms with Crippen molar-refractivity contribution < 1.29 is 0 Å². The molecule has 1 heterocycles. The summed E-state index contributed by atoms with van der Waals surface area (Å²) in [6.07, 6.45) is 0. The fourth-order valence-corrected chi connectivity index (χ4v) is 8.47. The minimum Gasteiger partial charge on any atom is -0.355 e. The minimum atomic E-state index is 0.827. The molecule has 2 nitrogen and oxygen atoms in total. The van der Waals surface area contributed by atoms with Gasteiger partial charge in [0.1, 0.15) is 0 Å². The highest BCUT2D eigenvalue weighted by molar-refractivity contribution is 6.73. The van der Waals surface area contributed by atoms with Gasteiger partial charge in [0.05, 0.1) is 0 Å². The van der Waals surface area contributed by atoms with Gasteiger partial charge in [0.25, 0.3) is 0 Å². The molecule has 9 aromatic rings. The summed E-state index contributed by atoms with van der Waals surface area (Å²) in [5.41, 5.74) is 18.3. The second-order valence-electron chi connectivity index (χ2n) is 14.8. The average Bonchev–Trinajstić information content (AvgIpc) is 3.23. The molecule has 0 bridgehead atoms. The van der Waals surface area contributed by atoms with Gasteiger partial charge < -0.3 is 10.2 Å². The first-order valence-corrected chi connectivity index (χ1v) is 19.1. The molecule has 0 spiro atoms. The predicted octanol–water partition coefficient (Wildman–Crippen LogP) is 12.5. The molecular weight excluding hydrogens is 663 g/mol. The van der Waals surface area contributed by atoms with E-state index in [0.29, 0.717) is 0 Å². The summed E-state index contributed by atoms with van der Waals surface area (Å²) in [4.78, 5) is 2.54. The van der Waals surface area contributed by atoms with E-state index in [9.17, 15) is 0 Å². The average molecular weight is 703 g/mol. The van der Waals surface area contributed by atoms with Crippen molar-refractivity contribution in [3.05, 3.63) is 199 Å². The summed E-state index contributed by atoms with van der Waals surface area (Å²) in [7, 11) is 0.827. The number of nitrogens with zero attached hydrogens (tertiary/aromatic N) is 1. The SMILES string of the molecule is Cc1cc(-c2c(Nc3ccc(-c4ccccc4)cc3)ccc3ccccc23)c2c(c1)N(c1cc(-c3ccccc3)ccc1C)c1cc3ccccc3cc1B2. The van der Waals surface area contributed by atoms with Gasteiger partial charge in [0.15, 0.2) is 7.28 Å². The van der Waals surface area contributed by atoms with Crippen molar-refractivity contribution in [3.63, 3.8) is 0 Å². The number of aryl methyl sites for hydroxylation is 2. The molecule has 0 amide bonds. The number of rotatable bonds is 6. The molecule has 0 saturated heterocycles. The van der Waals surface area contributed by atoms with Crippen LogP contribution in [0, 0.1) is 13.8 Å². The molecular formula is C52H39BN2. The van der Waals surface area contributed by atoms with Crippen LogP contribution < -0.4 is 21.1 Å². The second-order valence-corrected chi connectivity index (χ2v) is 14.8. The molecule has 1 aliphatic rings. The van der Waals surface area contributed by atoms with Gasteiger partial charge in [-0.1, -0.05) is 157 Å². The molecule has 0 fully saturated rings. The molecule has 260 valence electrons. The maximum atomic E-state index is 3.88. The summed E-state index contributed by atoms with van der Waals surface area (Å²) >= 11 is 0. The van der Waals surface area contributed by atoms with E-state index in [2.05, 4.69) is 212 Å². The van der Waals surface area contributed by atoms with Crippen LogP contribution in [-0.4, -0.2) is 7.28 Å². The molecule has 9 aromatic carbocycles. The topological polar surface area (TPSA) is 15.3 Å². The molecule has 1 aliphatic heterocycles. The van der Waals surface area contributed by atoms with Crippen LogP contribution in [0.15, 0.2) is 188 Å². The molecule has 0 atom stereocenters. The molecule has 3 heteroatoms. The van der Waals surface area contributed by atoms with Crippen molar-refractivity contribution in [2.75, 3.05) is 10.2 Å². The van der Waals surface area contributed by atoms with E-state index >= 15 is 0 Å². The highest BCUT2D eigenvalue weighted by atomic mass is 15.2. The maximum absolute atomic E-state index is 3.88. The molecule has 10 rings (SSSR count). The van der Waals surface area contributed by atoms with Crippen molar-refractivity contribution in [2.45, 2.75) is 13.8 Å². The van der Waals surface area contributed by atoms with Crippen LogP contribution in [0.4, 0.5) is 28.4 Å². The van der Waals surface area contributed by atoms with E-state index < -0.39 is 0 Å². The third kappa shape index (κ3) is 5.95. The Morgan fingerprint density at radius 3 is 1.82 bits per heavy atom. The molecule has 0 radical (unpaired) electrons. The lowest BCUT2D eigenvalue weighted by Crippen LogP contribution is -2.41. The summed E-state index contributed by atoms with van der Waals surface area (Å²) in [6, 6.07) is 68.7. The maximum Gasteiger partial charge on any atom is 0.198 e. The number of hydrogen-bond acceptors (Lipinski definition) is 2. The zero-order chi connectivity index (χ0) is 36.9. The number of anilines is 5. The van der Waals surface area contributed by atoms with Crippen LogP contribution in [-0.2, 0) is 0 Å². The quantitative estimate of drug-likeness (QED) is 0.174. The van der Waals surface area contributed by atoms with E-state index in [0.717, 1.165) is 18.7 Å². The Hall–Kier alpha value is -6.84. The van der Waals surface area contributed by atoms with Gasteiger partial charge >= 0.3 is 0 Å². The Bertz CT molecular complexity index is 2880. The molecule has 0 unspecified atom stereocenters. The van der Waals surface area contributed by atoms with Crippen LogP contribution in [0.1, 0.15) is 11.1 Å². The number of nitrogens with one attached hydrogen (secondary N) is 1. The zero-order valence-corrected chi connectivity index (χ0v) is 31.1. The number of benzene rings is 9. The largest absolute Gasteiger partial charge is 0.355 e. The van der Waals surface area contributed by atoms with E-state index in [1.54, 1.807) is 0 Å². The molecule has 1 N–H and O–H groups in total. The van der Waals surface area contributed by atoms with Crippen LogP contribution in [0.5, 0.6) is 0 Å². The molecule has 0 aliphatic carbocycles. The van der Waals surface area contributed by atoms with Gasteiger partial charge in [-0.3, -0.25) is 0 Å². The van der Waals surface area contributed by atoms with Crippen LogP contribution in [0.3, 0.4) is 0 Å². The Kier molecular flexibility index (Phi) is 8.07. The van der Waals surface area contributed by atoms with Crippen molar-refractivity contribution in [1.82, 2.24) is 0 Å². The molecule has 0 aromatic heterocycles. The summed E-state index contributed by atoms with van der Waals surface area (Å²) < 4.78 is 0. The lowest BCUT2D eigenvalue weighted by atomic mass is 9.57. The smallest absolute Gasteiger partial charge is 0.198 e. The Morgan fingerprint density at radius 1 is 0.455 bits per heavy atom. The van der Waals surface area contributed by atoms with Gasteiger partial charge in [0.2, 0.25) is 0 Å². The predicted molar refractivity (Wildman–Crippen MR) is 238 cm³/mol. The van der Waals surface area contributed by atoms with Crippen molar-refractivity contribution >= 4 is 68.2 Å². The van der Waals surface area contributed by atoms with Crippen LogP contribution in [0.25, 0.3) is 54.9 Å². The first-order valence-electron chi connectivity index (χ1n) is 19.1. The van der Waals surface area contributed by atoms with Gasteiger partial charge in [-0.05, 0) is 116 Å². The standard InChI is InChI=1S/C52H39BN2/c1-34-29-45(51-44-20-12-11-17-39(44)25-28-47(51)54-43-26-23-38(24-27-43)36-13-5-3-6-14-36)52-50(30-34)55(49-33-41-19-10-9-18-40(41)31-46(49)53-52)48-32-42(22-21-35(48)2)37-15-7-4-8-16-37/h3-33,53-54H,1-2H3. The Labute approximate surface area is 323 Å². The van der Waals surface area contributed by atoms with Gasteiger partial charge in [-0.2, -0.15) is 0 Å². The van der Waals surface area contributed by atoms with E-state index in [4.69, 9.17) is 0 Å². The third-order valence-electron chi connectivity index (χ3n) is 11.2. The number of hydrogen-bond donors (Lipinski definition) is 1. The monoisotopic (exact) mass is 702 g/mol. The Balaban J connectivity index is 1.19. The van der Waals surface area contributed by atoms with E-state index in [1.807, 2.05) is 0 Å². The molecule has 0 saturated carbocycles. The second kappa shape index (κ2) is 13.5. The van der Waals surface area contributed by atoms with E-state index in [-0.39, 0.29) is 0 Å². The van der Waals surface area contributed by atoms with Crippen molar-refractivity contribution in [2.24, 2.45) is 0 Å². The summed E-state index contributed by atoms with van der Waals surface area (Å²) in [6.45, 7) is 4.48. The van der Waals surface area contributed by atoms with Gasteiger partial charge in [-0.25, -0.2) is 0 Å². The normalized spacial score (nSPS) is 11.9. The highest BCUT2D eigenvalue weighted by Crippen LogP contribution is 2.44. The lowest BCUT2D eigenvalue weighted by molar-refractivity contribution is 1.26. The van der Waals surface area contributed by atoms with Crippen LogP contribution in [0.2, 0.25) is 0 Å². The number of fused-ring (bicyclic) bond motifs is 4. The minimum absolute atomic E-state index is 0.827. The van der Waals surface area contributed by atoms with E-state index in [1.165, 1.54) is 94.0 Å². The zero-order valence-electron chi connectivity index (χ0n) is 31.1. The Morgan fingerprint density at radius 2 is 1.07 bits per heavy atom. The lowest BCUT2D eigenvalue weighted by Gasteiger charge is -2.36. The summed E-state index contributed by atoms with van der Waals surface area (Å²) in [5, 5.41) is 8.85. The van der Waals surface area contributed by atoms with Gasteiger partial charge in [0, 0.05) is 34.0 Å². The summed E-state index contributed by atoms with van der Waals surface area (Å²) in [5.74, 6) is 0. The fourth-order valence-electron chi connectivity index (χ4n) is 8.47. The first kappa shape index (κ1) is 32.8. The van der Waals surface area contributed by atoms with Gasteiger partial charge in [-0.15, -0.1) is 0 Å². The van der Waals surface area contributed by atoms with Crippen LogP contribution >= 0.6 is 0 Å².